The molecule has 0 rings (SSSR count). The Labute approximate surface area is 43.1 Å². The van der Waals surface area contributed by atoms with E-state index in [0.717, 1.165) is 13.1 Å². The highest BCUT2D eigenvalue weighted by Crippen LogP contribution is 1.47. The highest BCUT2D eigenvalue weighted by atomic mass is 31.0. The molecule has 1 unspecified atom stereocenters. The summed E-state index contributed by atoms with van der Waals surface area (Å²) < 4.78 is 0. The van der Waals surface area contributed by atoms with Crippen LogP contribution in [0, 0.1) is 0 Å². The molecule has 0 aromatic carbocycles. The lowest BCUT2D eigenvalue weighted by atomic mass is 10.7. The van der Waals surface area contributed by atoms with E-state index in [4.69, 9.17) is 0 Å². The molecule has 0 bridgehead atoms. The third-order valence-electron chi connectivity index (χ3n) is 0.500. The van der Waals surface area contributed by atoms with Crippen molar-refractivity contribution in [3.8, 4) is 0 Å². The zero-order valence-corrected chi connectivity index (χ0v) is 6.04. The normalized spacial score (nSPS) is 7.00. The van der Waals surface area contributed by atoms with Gasteiger partial charge in [0.05, 0.1) is 0 Å². The zero-order valence-electron chi connectivity index (χ0n) is 4.62. The van der Waals surface area contributed by atoms with Gasteiger partial charge < -0.3 is 5.32 Å². The van der Waals surface area contributed by atoms with Crippen LogP contribution >= 0.6 is 9.90 Å². The van der Waals surface area contributed by atoms with Gasteiger partial charge in [0, 0.05) is 0 Å². The van der Waals surface area contributed by atoms with Crippen LogP contribution in [0.3, 0.4) is 0 Å². The van der Waals surface area contributed by atoms with Crippen molar-refractivity contribution in [2.24, 2.45) is 0 Å². The van der Waals surface area contributed by atoms with E-state index in [1.54, 1.807) is 0 Å². The van der Waals surface area contributed by atoms with Gasteiger partial charge in [0.25, 0.3) is 0 Å². The van der Waals surface area contributed by atoms with E-state index in [0.29, 0.717) is 0 Å². The molecule has 0 aliphatic heterocycles. The van der Waals surface area contributed by atoms with Crippen molar-refractivity contribution >= 4 is 9.90 Å². The predicted molar refractivity (Wildman–Crippen MR) is 35.3 cm³/mol. The maximum absolute atomic E-state index is 3.11. The molecule has 40 valence electrons. The highest BCUT2D eigenvalue weighted by Gasteiger charge is 1.62. The molecule has 0 radical (unpaired) electrons. The van der Waals surface area contributed by atoms with Gasteiger partial charge in [-0.2, -0.15) is 9.90 Å². The fourth-order valence-electron chi connectivity index (χ4n) is 0.250. The lowest BCUT2D eigenvalue weighted by Crippen LogP contribution is -2.09. The van der Waals surface area contributed by atoms with Crippen molar-refractivity contribution in [2.75, 3.05) is 13.1 Å². The molecule has 0 saturated heterocycles. The minimum atomic E-state index is 0. The van der Waals surface area contributed by atoms with Crippen molar-refractivity contribution in [1.29, 1.82) is 0 Å². The maximum Gasteiger partial charge on any atom is -0.00775 e. The van der Waals surface area contributed by atoms with Gasteiger partial charge in [0.1, 0.15) is 0 Å². The molecule has 0 aromatic rings. The maximum atomic E-state index is 3.11. The topological polar surface area (TPSA) is 12.0 Å². The molecular formula is C4H14NP. The summed E-state index contributed by atoms with van der Waals surface area (Å²) >= 11 is 0. The minimum Gasteiger partial charge on any atom is -0.317 e. The van der Waals surface area contributed by atoms with Crippen LogP contribution in [0.2, 0.25) is 0 Å². The van der Waals surface area contributed by atoms with E-state index in [1.165, 1.54) is 0 Å². The van der Waals surface area contributed by atoms with Crippen molar-refractivity contribution in [3.63, 3.8) is 0 Å². The van der Waals surface area contributed by atoms with Gasteiger partial charge in [0.2, 0.25) is 0 Å². The van der Waals surface area contributed by atoms with E-state index >= 15 is 0 Å². The van der Waals surface area contributed by atoms with E-state index in [1.807, 2.05) is 0 Å². The van der Waals surface area contributed by atoms with Crippen molar-refractivity contribution < 1.29 is 0 Å². The number of hydrogen-bond acceptors (Lipinski definition) is 1. The monoisotopic (exact) mass is 107 g/mol. The smallest absolute Gasteiger partial charge is 0.00775 e. The summed E-state index contributed by atoms with van der Waals surface area (Å²) in [5.41, 5.74) is 0. The molecule has 0 heterocycles. The Morgan fingerprint density at radius 2 is 1.50 bits per heavy atom. The molecule has 6 heavy (non-hydrogen) atoms. The van der Waals surface area contributed by atoms with Crippen LogP contribution in [-0.2, 0) is 0 Å². The fourth-order valence-corrected chi connectivity index (χ4v) is 0.250. The number of nitrogens with one attached hydrogen (secondary N) is 1. The Balaban J connectivity index is 0. The molecule has 0 aromatic heterocycles. The quantitative estimate of drug-likeness (QED) is 0.511. The Hall–Kier alpha value is 0.390. The summed E-state index contributed by atoms with van der Waals surface area (Å²) in [5.74, 6) is 0. The molecule has 1 N–H and O–H groups in total. The average Bonchev–Trinajstić information content (AvgIpc) is 1.41. The molecule has 0 spiro atoms. The van der Waals surface area contributed by atoms with Gasteiger partial charge in [-0.15, -0.1) is 0 Å². The molecule has 0 fully saturated rings. The van der Waals surface area contributed by atoms with Crippen LogP contribution in [0.5, 0.6) is 0 Å². The Kier molecular flexibility index (Phi) is 14.5. The summed E-state index contributed by atoms with van der Waals surface area (Å²) in [6.45, 7) is 6.39. The van der Waals surface area contributed by atoms with Crippen LogP contribution in [-0.4, -0.2) is 13.1 Å². The Morgan fingerprint density at radius 3 is 1.50 bits per heavy atom. The minimum absolute atomic E-state index is 0. The zero-order chi connectivity index (χ0) is 4.12. The summed E-state index contributed by atoms with van der Waals surface area (Å²) in [5, 5.41) is 3.11. The third-order valence-corrected chi connectivity index (χ3v) is 0.500. The summed E-state index contributed by atoms with van der Waals surface area (Å²) in [7, 11) is 0. The van der Waals surface area contributed by atoms with Crippen LogP contribution in [0.15, 0.2) is 0 Å². The highest BCUT2D eigenvalue weighted by molar-refractivity contribution is 6.92. The van der Waals surface area contributed by atoms with Gasteiger partial charge in [-0.05, 0) is 13.1 Å². The van der Waals surface area contributed by atoms with Gasteiger partial charge in [0.15, 0.2) is 0 Å². The second-order valence-corrected chi connectivity index (χ2v) is 0.957. The number of rotatable bonds is 2. The second-order valence-electron chi connectivity index (χ2n) is 0.957. The Morgan fingerprint density at radius 1 is 1.17 bits per heavy atom. The molecular weight excluding hydrogens is 93.0 g/mol. The first-order valence-corrected chi connectivity index (χ1v) is 2.12. The SMILES string of the molecule is CCNCC.P. The van der Waals surface area contributed by atoms with E-state index in [-0.39, 0.29) is 9.90 Å². The second kappa shape index (κ2) is 9.04. The molecule has 1 atom stereocenters. The van der Waals surface area contributed by atoms with Crippen molar-refractivity contribution in [2.45, 2.75) is 13.8 Å². The van der Waals surface area contributed by atoms with Crippen molar-refractivity contribution in [1.82, 2.24) is 5.32 Å². The molecule has 0 saturated carbocycles. The van der Waals surface area contributed by atoms with Crippen LogP contribution in [0.25, 0.3) is 0 Å². The molecule has 0 aliphatic rings. The standard InChI is InChI=1S/C4H11N.H3P/c1-3-5-4-2;/h5H,3-4H2,1-2H3;1H3. The van der Waals surface area contributed by atoms with Gasteiger partial charge in [-0.3, -0.25) is 0 Å². The lowest BCUT2D eigenvalue weighted by molar-refractivity contribution is 0.762. The fraction of sp³-hybridized carbons (Fsp3) is 1.00. The predicted octanol–water partition coefficient (Wildman–Crippen LogP) is 0.674. The van der Waals surface area contributed by atoms with Gasteiger partial charge >= 0.3 is 0 Å². The first-order chi connectivity index (χ1) is 2.41. The van der Waals surface area contributed by atoms with Gasteiger partial charge in [-0.25, -0.2) is 0 Å². The van der Waals surface area contributed by atoms with E-state index in [9.17, 15) is 0 Å². The largest absolute Gasteiger partial charge is 0.317 e. The number of hydrogen-bond donors (Lipinski definition) is 1. The molecule has 1 nitrogen and oxygen atoms in total. The summed E-state index contributed by atoms with van der Waals surface area (Å²) in [4.78, 5) is 0. The first kappa shape index (κ1) is 9.63. The van der Waals surface area contributed by atoms with E-state index < -0.39 is 0 Å². The van der Waals surface area contributed by atoms with Gasteiger partial charge in [-0.1, -0.05) is 13.8 Å². The van der Waals surface area contributed by atoms with Crippen LogP contribution in [0.4, 0.5) is 0 Å². The Bertz CT molecular complexity index is 15.0. The van der Waals surface area contributed by atoms with Crippen LogP contribution in [0.1, 0.15) is 13.8 Å². The van der Waals surface area contributed by atoms with Crippen LogP contribution < -0.4 is 5.32 Å². The van der Waals surface area contributed by atoms with Crippen molar-refractivity contribution in [3.05, 3.63) is 0 Å². The molecule has 2 heteroatoms. The average molecular weight is 107 g/mol. The summed E-state index contributed by atoms with van der Waals surface area (Å²) in [6.07, 6.45) is 0. The van der Waals surface area contributed by atoms with E-state index in [2.05, 4.69) is 19.2 Å². The molecule has 0 amide bonds. The first-order valence-electron chi connectivity index (χ1n) is 2.12. The molecule has 0 aliphatic carbocycles. The third kappa shape index (κ3) is 8.83. The summed E-state index contributed by atoms with van der Waals surface area (Å²) in [6, 6.07) is 0. The lowest BCUT2D eigenvalue weighted by Gasteiger charge is -1.86.